The zero-order valence-electron chi connectivity index (χ0n) is 18.1. The quantitative estimate of drug-likeness (QED) is 0.472. The van der Waals surface area contributed by atoms with Crippen molar-refractivity contribution < 1.29 is 13.7 Å². The van der Waals surface area contributed by atoms with Gasteiger partial charge in [-0.3, -0.25) is 9.36 Å². The fourth-order valence-electron chi connectivity index (χ4n) is 4.48. The maximum absolute atomic E-state index is 13.3. The van der Waals surface area contributed by atoms with E-state index in [1.165, 1.54) is 23.8 Å². The van der Waals surface area contributed by atoms with E-state index in [9.17, 15) is 18.0 Å². The summed E-state index contributed by atoms with van der Waals surface area (Å²) in [5, 5.41) is 2.34. The first-order valence-corrected chi connectivity index (χ1v) is 12.5. The standard InChI is InChI=1S/C25H23N3O4S/c1-16(18-5-3-2-4-6-18)28-24(29)22-12-21(9-10-23(22)27-25(28)30)33(31,32)15-17-7-8-19-13-26-14-20(19)11-17/h2-12,16,26H,13-15H2,1H3,(H,27,30)/p+1. The van der Waals surface area contributed by atoms with Gasteiger partial charge >= 0.3 is 5.69 Å². The summed E-state index contributed by atoms with van der Waals surface area (Å²) in [5.41, 5.74) is 3.19. The van der Waals surface area contributed by atoms with Crippen molar-refractivity contribution >= 4 is 20.7 Å². The molecule has 8 heteroatoms. The van der Waals surface area contributed by atoms with E-state index in [4.69, 9.17) is 0 Å². The summed E-state index contributed by atoms with van der Waals surface area (Å²) in [5.74, 6) is -0.149. The smallest absolute Gasteiger partial charge is 0.329 e. The fourth-order valence-corrected chi connectivity index (χ4v) is 5.83. The molecule has 0 saturated heterocycles. The van der Waals surface area contributed by atoms with Crippen LogP contribution in [-0.2, 0) is 28.7 Å². The molecule has 7 nitrogen and oxygen atoms in total. The highest BCUT2D eigenvalue weighted by molar-refractivity contribution is 7.90. The van der Waals surface area contributed by atoms with Crippen molar-refractivity contribution in [3.63, 3.8) is 0 Å². The second kappa shape index (κ2) is 8.13. The molecule has 0 saturated carbocycles. The van der Waals surface area contributed by atoms with E-state index in [-0.39, 0.29) is 16.0 Å². The summed E-state index contributed by atoms with van der Waals surface area (Å²) in [7, 11) is -3.68. The van der Waals surface area contributed by atoms with Crippen molar-refractivity contribution in [2.75, 3.05) is 0 Å². The Morgan fingerprint density at radius 2 is 1.73 bits per heavy atom. The zero-order valence-corrected chi connectivity index (χ0v) is 18.9. The molecule has 168 valence electrons. The van der Waals surface area contributed by atoms with Gasteiger partial charge in [0.1, 0.15) is 13.1 Å². The predicted molar refractivity (Wildman–Crippen MR) is 126 cm³/mol. The number of sulfone groups is 1. The van der Waals surface area contributed by atoms with Crippen LogP contribution in [0.25, 0.3) is 10.9 Å². The number of nitrogens with zero attached hydrogens (tertiary/aromatic N) is 1. The van der Waals surface area contributed by atoms with Crippen LogP contribution in [-0.4, -0.2) is 18.0 Å². The third kappa shape index (κ3) is 3.92. The van der Waals surface area contributed by atoms with E-state index in [0.29, 0.717) is 5.52 Å². The van der Waals surface area contributed by atoms with Crippen LogP contribution in [0.5, 0.6) is 0 Å². The van der Waals surface area contributed by atoms with Gasteiger partial charge in [0.15, 0.2) is 9.84 Å². The van der Waals surface area contributed by atoms with Crippen LogP contribution >= 0.6 is 0 Å². The molecule has 0 spiro atoms. The molecule has 1 aromatic heterocycles. The average molecular weight is 463 g/mol. The van der Waals surface area contributed by atoms with Crippen molar-refractivity contribution in [2.45, 2.75) is 36.7 Å². The molecule has 0 fully saturated rings. The highest BCUT2D eigenvalue weighted by Gasteiger charge is 2.21. The lowest BCUT2D eigenvalue weighted by Crippen LogP contribution is -2.77. The highest BCUT2D eigenvalue weighted by atomic mass is 32.2. The van der Waals surface area contributed by atoms with Gasteiger partial charge < -0.3 is 10.3 Å². The Balaban J connectivity index is 1.56. The summed E-state index contributed by atoms with van der Waals surface area (Å²) >= 11 is 0. The Labute approximate surface area is 190 Å². The normalized spacial score (nSPS) is 14.3. The van der Waals surface area contributed by atoms with Crippen LogP contribution in [0.1, 0.15) is 35.2 Å². The molecule has 4 aromatic rings. The maximum Gasteiger partial charge on any atom is 0.329 e. The maximum atomic E-state index is 13.3. The summed E-state index contributed by atoms with van der Waals surface area (Å²) in [6, 6.07) is 18.8. The second-order valence-electron chi connectivity index (χ2n) is 8.46. The number of hydrogen-bond donors (Lipinski definition) is 2. The van der Waals surface area contributed by atoms with Crippen molar-refractivity contribution in [1.82, 2.24) is 9.55 Å². The molecule has 0 aliphatic carbocycles. The number of nitrogens with one attached hydrogen (secondary N) is 1. The van der Waals surface area contributed by atoms with Crippen LogP contribution in [0.4, 0.5) is 0 Å². The van der Waals surface area contributed by atoms with Gasteiger partial charge in [-0.15, -0.1) is 0 Å². The van der Waals surface area contributed by atoms with Crippen molar-refractivity contribution in [2.24, 2.45) is 0 Å². The Morgan fingerprint density at radius 1 is 0.970 bits per heavy atom. The fraction of sp³-hybridized carbons (Fsp3) is 0.200. The predicted octanol–water partition coefficient (Wildman–Crippen LogP) is 1.85. The first-order chi connectivity index (χ1) is 15.8. The molecule has 33 heavy (non-hydrogen) atoms. The lowest BCUT2D eigenvalue weighted by Gasteiger charge is -2.15. The van der Waals surface area contributed by atoms with Crippen LogP contribution in [0, 0.1) is 0 Å². The van der Waals surface area contributed by atoms with Gasteiger partial charge in [-0.25, -0.2) is 13.2 Å². The van der Waals surface area contributed by atoms with E-state index in [0.717, 1.165) is 34.3 Å². The van der Waals surface area contributed by atoms with Gasteiger partial charge in [0.25, 0.3) is 5.56 Å². The SMILES string of the molecule is CC(c1ccccc1)n1c(=O)[nH]c2ccc(S(=O)(=O)Cc3ccc4c(c3)C[NH2+]C4)cc2c1=O. The van der Waals surface area contributed by atoms with Gasteiger partial charge in [-0.05, 0) is 42.3 Å². The number of H-pyrrole nitrogens is 1. The lowest BCUT2D eigenvalue weighted by atomic mass is 10.1. The van der Waals surface area contributed by atoms with E-state index in [2.05, 4.69) is 10.3 Å². The zero-order chi connectivity index (χ0) is 23.2. The number of fused-ring (bicyclic) bond motifs is 2. The van der Waals surface area contributed by atoms with Gasteiger partial charge in [0.05, 0.1) is 27.6 Å². The third-order valence-electron chi connectivity index (χ3n) is 6.28. The number of nitrogens with two attached hydrogens (primary N) is 1. The van der Waals surface area contributed by atoms with Crippen molar-refractivity contribution in [3.8, 4) is 0 Å². The summed E-state index contributed by atoms with van der Waals surface area (Å²) in [6.07, 6.45) is 0. The lowest BCUT2D eigenvalue weighted by molar-refractivity contribution is -0.676. The van der Waals surface area contributed by atoms with Crippen LogP contribution in [0.3, 0.4) is 0 Å². The molecule has 5 rings (SSSR count). The molecule has 1 unspecified atom stereocenters. The molecule has 0 bridgehead atoms. The van der Waals surface area contributed by atoms with Crippen LogP contribution in [0.15, 0.2) is 81.2 Å². The topological polar surface area (TPSA) is 106 Å². The van der Waals surface area contributed by atoms with Crippen LogP contribution in [0.2, 0.25) is 0 Å². The van der Waals surface area contributed by atoms with Gasteiger partial charge in [0.2, 0.25) is 0 Å². The Morgan fingerprint density at radius 3 is 2.52 bits per heavy atom. The van der Waals surface area contributed by atoms with E-state index in [1.54, 1.807) is 6.92 Å². The Kier molecular flexibility index (Phi) is 5.26. The summed E-state index contributed by atoms with van der Waals surface area (Å²) in [4.78, 5) is 28.7. The molecule has 2 heterocycles. The second-order valence-corrected chi connectivity index (χ2v) is 10.4. The van der Waals surface area contributed by atoms with Gasteiger partial charge in [0, 0.05) is 11.1 Å². The van der Waals surface area contributed by atoms with Crippen molar-refractivity contribution in [1.29, 1.82) is 0 Å². The minimum absolute atomic E-state index is 0.0603. The number of aromatic amines is 1. The van der Waals surface area contributed by atoms with Gasteiger partial charge in [-0.1, -0.05) is 42.5 Å². The third-order valence-corrected chi connectivity index (χ3v) is 7.97. The Bertz CT molecular complexity index is 1590. The molecular formula is C25H24N3O4S+. The molecular weight excluding hydrogens is 438 g/mol. The molecule has 1 aliphatic rings. The van der Waals surface area contributed by atoms with E-state index >= 15 is 0 Å². The number of quaternary nitrogens is 1. The first kappa shape index (κ1) is 21.4. The molecule has 0 radical (unpaired) electrons. The summed E-state index contributed by atoms with van der Waals surface area (Å²) < 4.78 is 27.5. The Hall–Kier alpha value is -3.49. The monoisotopic (exact) mass is 462 g/mol. The average Bonchev–Trinajstić information content (AvgIpc) is 3.27. The van der Waals surface area contributed by atoms with E-state index in [1.807, 2.05) is 48.5 Å². The number of aromatic nitrogens is 2. The summed E-state index contributed by atoms with van der Waals surface area (Å²) in [6.45, 7) is 3.54. The largest absolute Gasteiger partial charge is 0.339 e. The number of rotatable bonds is 5. The van der Waals surface area contributed by atoms with Crippen molar-refractivity contribution in [3.05, 3.63) is 110 Å². The first-order valence-electron chi connectivity index (χ1n) is 10.8. The highest BCUT2D eigenvalue weighted by Crippen LogP contribution is 2.22. The molecule has 0 amide bonds. The molecule has 1 atom stereocenters. The minimum atomic E-state index is -3.68. The molecule has 3 aromatic carbocycles. The van der Waals surface area contributed by atoms with E-state index < -0.39 is 27.1 Å². The number of hydrogen-bond acceptors (Lipinski definition) is 4. The van der Waals surface area contributed by atoms with Gasteiger partial charge in [-0.2, -0.15) is 0 Å². The number of benzene rings is 3. The molecule has 1 aliphatic heterocycles. The minimum Gasteiger partial charge on any atom is -0.339 e. The van der Waals surface area contributed by atoms with Crippen LogP contribution < -0.4 is 16.6 Å². The molecule has 3 N–H and O–H groups in total.